The van der Waals surface area contributed by atoms with Crippen LogP contribution < -0.4 is 0 Å². The Kier molecular flexibility index (Phi) is 5.31. The molecule has 0 spiro atoms. The third kappa shape index (κ3) is 4.04. The summed E-state index contributed by atoms with van der Waals surface area (Å²) >= 11 is 0. The van der Waals surface area contributed by atoms with Gasteiger partial charge in [0.15, 0.2) is 0 Å². The van der Waals surface area contributed by atoms with Crippen LogP contribution in [0.2, 0.25) is 0 Å². The molecular formula is C21H25NO2. The van der Waals surface area contributed by atoms with Gasteiger partial charge in [-0.25, -0.2) is 0 Å². The van der Waals surface area contributed by atoms with Gasteiger partial charge in [-0.2, -0.15) is 0 Å². The van der Waals surface area contributed by atoms with E-state index in [4.69, 9.17) is 4.74 Å². The highest BCUT2D eigenvalue weighted by atomic mass is 16.5. The molecule has 3 rings (SSSR count). The summed E-state index contributed by atoms with van der Waals surface area (Å²) in [4.78, 5) is 15.1. The average Bonchev–Trinajstić information content (AvgIpc) is 3.10. The van der Waals surface area contributed by atoms with Crippen LogP contribution in [0.5, 0.6) is 0 Å². The molecular weight excluding hydrogens is 298 g/mol. The van der Waals surface area contributed by atoms with E-state index in [1.54, 1.807) is 0 Å². The molecule has 3 nitrogen and oxygen atoms in total. The van der Waals surface area contributed by atoms with Gasteiger partial charge in [-0.05, 0) is 43.9 Å². The van der Waals surface area contributed by atoms with E-state index in [-0.39, 0.29) is 12.0 Å². The molecule has 0 aromatic heterocycles. The third-order valence-corrected chi connectivity index (χ3v) is 4.57. The van der Waals surface area contributed by atoms with Crippen LogP contribution in [-0.2, 0) is 11.3 Å². The van der Waals surface area contributed by atoms with E-state index in [2.05, 4.69) is 12.1 Å². The van der Waals surface area contributed by atoms with Crippen molar-refractivity contribution in [1.82, 2.24) is 4.90 Å². The van der Waals surface area contributed by atoms with Crippen molar-refractivity contribution in [3.63, 3.8) is 0 Å². The van der Waals surface area contributed by atoms with E-state index >= 15 is 0 Å². The van der Waals surface area contributed by atoms with E-state index < -0.39 is 0 Å². The summed E-state index contributed by atoms with van der Waals surface area (Å²) in [5, 5.41) is 0. The van der Waals surface area contributed by atoms with Gasteiger partial charge in [0.2, 0.25) is 0 Å². The first-order valence-corrected chi connectivity index (χ1v) is 8.65. The van der Waals surface area contributed by atoms with Gasteiger partial charge >= 0.3 is 0 Å². The largest absolute Gasteiger partial charge is 0.376 e. The second-order valence-electron chi connectivity index (χ2n) is 6.62. The minimum Gasteiger partial charge on any atom is -0.376 e. The minimum atomic E-state index is 0.0931. The fourth-order valence-electron chi connectivity index (χ4n) is 3.19. The predicted octanol–water partition coefficient (Wildman–Crippen LogP) is 4.12. The zero-order valence-electron chi connectivity index (χ0n) is 14.5. The van der Waals surface area contributed by atoms with Crippen LogP contribution in [0.4, 0.5) is 0 Å². The Morgan fingerprint density at radius 2 is 1.96 bits per heavy atom. The number of hydrogen-bond acceptors (Lipinski definition) is 2. The highest BCUT2D eigenvalue weighted by Gasteiger charge is 2.24. The van der Waals surface area contributed by atoms with Gasteiger partial charge in [-0.3, -0.25) is 4.79 Å². The molecule has 0 saturated carbocycles. The van der Waals surface area contributed by atoms with Crippen LogP contribution in [0.3, 0.4) is 0 Å². The average molecular weight is 323 g/mol. The first-order valence-electron chi connectivity index (χ1n) is 8.65. The number of hydrogen-bond donors (Lipinski definition) is 0. The van der Waals surface area contributed by atoms with Crippen molar-refractivity contribution in [3.8, 4) is 0 Å². The molecule has 2 aromatic carbocycles. The Labute approximate surface area is 144 Å². The van der Waals surface area contributed by atoms with Crippen molar-refractivity contribution in [3.05, 3.63) is 70.8 Å². The lowest BCUT2D eigenvalue weighted by Gasteiger charge is -2.26. The van der Waals surface area contributed by atoms with E-state index in [1.165, 1.54) is 0 Å². The minimum absolute atomic E-state index is 0.0931. The highest BCUT2D eigenvalue weighted by Crippen LogP contribution is 2.19. The van der Waals surface area contributed by atoms with E-state index in [9.17, 15) is 4.79 Å². The Hall–Kier alpha value is -2.13. The molecule has 3 heteroatoms. The molecule has 1 aliphatic rings. The van der Waals surface area contributed by atoms with Crippen LogP contribution in [0.15, 0.2) is 48.5 Å². The standard InChI is InChI=1S/C21H25NO2/c1-16-10-11-17(2)20(13-16)21(23)22(15-19-9-6-12-24-19)14-18-7-4-3-5-8-18/h3-5,7-8,10-11,13,19H,6,9,12,14-15H2,1-2H3. The number of amides is 1. The van der Waals surface area contributed by atoms with Crippen LogP contribution >= 0.6 is 0 Å². The third-order valence-electron chi connectivity index (χ3n) is 4.57. The fourth-order valence-corrected chi connectivity index (χ4v) is 3.19. The van der Waals surface area contributed by atoms with Crippen molar-refractivity contribution in [2.45, 2.75) is 39.3 Å². The summed E-state index contributed by atoms with van der Waals surface area (Å²) in [7, 11) is 0. The number of carbonyl (C=O) groups is 1. The smallest absolute Gasteiger partial charge is 0.254 e. The molecule has 0 radical (unpaired) electrons. The molecule has 126 valence electrons. The lowest BCUT2D eigenvalue weighted by molar-refractivity contribution is 0.0506. The van der Waals surface area contributed by atoms with Crippen LogP contribution in [-0.4, -0.2) is 30.1 Å². The quantitative estimate of drug-likeness (QED) is 0.828. The number of benzene rings is 2. The first kappa shape index (κ1) is 16.7. The van der Waals surface area contributed by atoms with E-state index in [1.807, 2.05) is 55.1 Å². The van der Waals surface area contributed by atoms with Crippen molar-refractivity contribution in [2.24, 2.45) is 0 Å². The van der Waals surface area contributed by atoms with Crippen LogP contribution in [0, 0.1) is 13.8 Å². The molecule has 0 bridgehead atoms. The molecule has 1 aliphatic heterocycles. The van der Waals surface area contributed by atoms with Crippen molar-refractivity contribution in [1.29, 1.82) is 0 Å². The van der Waals surface area contributed by atoms with Gasteiger partial charge in [0, 0.05) is 25.3 Å². The molecule has 0 aliphatic carbocycles. The van der Waals surface area contributed by atoms with Gasteiger partial charge < -0.3 is 9.64 Å². The normalized spacial score (nSPS) is 17.0. The van der Waals surface area contributed by atoms with Crippen molar-refractivity contribution in [2.75, 3.05) is 13.2 Å². The fraction of sp³-hybridized carbons (Fsp3) is 0.381. The topological polar surface area (TPSA) is 29.5 Å². The molecule has 1 unspecified atom stereocenters. The predicted molar refractivity (Wildman–Crippen MR) is 96.1 cm³/mol. The summed E-state index contributed by atoms with van der Waals surface area (Å²) in [5.41, 5.74) is 4.08. The summed E-state index contributed by atoms with van der Waals surface area (Å²) in [6, 6.07) is 16.2. The summed E-state index contributed by atoms with van der Waals surface area (Å²) < 4.78 is 5.77. The van der Waals surface area contributed by atoms with E-state index in [0.717, 1.165) is 41.7 Å². The SMILES string of the molecule is Cc1ccc(C)c(C(=O)N(Cc2ccccc2)CC2CCCO2)c1. The van der Waals surface area contributed by atoms with Crippen LogP contribution in [0.25, 0.3) is 0 Å². The lowest BCUT2D eigenvalue weighted by atomic mass is 10.0. The molecule has 1 fully saturated rings. The zero-order chi connectivity index (χ0) is 16.9. The maximum Gasteiger partial charge on any atom is 0.254 e. The van der Waals surface area contributed by atoms with E-state index in [0.29, 0.717) is 13.1 Å². The molecule has 1 atom stereocenters. The Bertz CT molecular complexity index is 690. The summed E-state index contributed by atoms with van der Waals surface area (Å²) in [6.45, 7) is 6.10. The zero-order valence-corrected chi connectivity index (χ0v) is 14.5. The number of rotatable bonds is 5. The molecule has 1 amide bonds. The van der Waals surface area contributed by atoms with Gasteiger partial charge in [0.25, 0.3) is 5.91 Å². The Morgan fingerprint density at radius 1 is 1.17 bits per heavy atom. The lowest BCUT2D eigenvalue weighted by Crippen LogP contribution is -2.37. The highest BCUT2D eigenvalue weighted by molar-refractivity contribution is 5.95. The first-order chi connectivity index (χ1) is 11.6. The number of carbonyl (C=O) groups excluding carboxylic acids is 1. The van der Waals surface area contributed by atoms with Gasteiger partial charge in [0.1, 0.15) is 0 Å². The summed E-state index contributed by atoms with van der Waals surface area (Å²) in [5.74, 6) is 0.0931. The molecule has 1 heterocycles. The molecule has 2 aromatic rings. The molecule has 1 saturated heterocycles. The Morgan fingerprint density at radius 3 is 2.67 bits per heavy atom. The number of nitrogens with zero attached hydrogens (tertiary/aromatic N) is 1. The van der Waals surface area contributed by atoms with Gasteiger partial charge in [-0.1, -0.05) is 48.0 Å². The second kappa shape index (κ2) is 7.63. The van der Waals surface area contributed by atoms with Gasteiger partial charge in [0.05, 0.1) is 6.10 Å². The Balaban J connectivity index is 1.84. The van der Waals surface area contributed by atoms with Gasteiger partial charge in [-0.15, -0.1) is 0 Å². The second-order valence-corrected chi connectivity index (χ2v) is 6.62. The van der Waals surface area contributed by atoms with Crippen molar-refractivity contribution < 1.29 is 9.53 Å². The maximum atomic E-state index is 13.2. The maximum absolute atomic E-state index is 13.2. The summed E-state index contributed by atoms with van der Waals surface area (Å²) in [6.07, 6.45) is 2.27. The van der Waals surface area contributed by atoms with Crippen molar-refractivity contribution >= 4 is 5.91 Å². The number of aryl methyl sites for hydroxylation is 2. The van der Waals surface area contributed by atoms with Crippen LogP contribution in [0.1, 0.15) is 39.9 Å². The monoisotopic (exact) mass is 323 g/mol. The number of ether oxygens (including phenoxy) is 1. The molecule has 24 heavy (non-hydrogen) atoms. The molecule has 0 N–H and O–H groups in total.